The van der Waals surface area contributed by atoms with Gasteiger partial charge in [-0.3, -0.25) is 0 Å². The second kappa shape index (κ2) is 2.34. The molecular formula is C6H7NO3. The predicted molar refractivity (Wildman–Crippen MR) is 35.3 cm³/mol. The summed E-state index contributed by atoms with van der Waals surface area (Å²) >= 11 is 0. The molecule has 0 saturated heterocycles. The van der Waals surface area contributed by atoms with Crippen molar-refractivity contribution in [2.24, 2.45) is 0 Å². The summed E-state index contributed by atoms with van der Waals surface area (Å²) in [6, 6.07) is 0. The van der Waals surface area contributed by atoms with E-state index in [9.17, 15) is 0 Å². The molecule has 4 nitrogen and oxygen atoms in total. The fourth-order valence-corrected chi connectivity index (χ4v) is 0.536. The van der Waals surface area contributed by atoms with E-state index in [1.165, 1.54) is 6.20 Å². The van der Waals surface area contributed by atoms with E-state index in [1.54, 1.807) is 0 Å². The topological polar surface area (TPSA) is 72.7 Å². The maximum atomic E-state index is 8.83. The summed E-state index contributed by atoms with van der Waals surface area (Å²) in [6.45, 7) is 0. The Morgan fingerprint density at radius 3 is 2.40 bits per heavy atom. The number of nitrogens with one attached hydrogen (secondary N) is 1. The van der Waals surface area contributed by atoms with Crippen molar-refractivity contribution in [1.29, 1.82) is 0 Å². The van der Waals surface area contributed by atoms with Gasteiger partial charge in [0.25, 0.3) is 0 Å². The van der Waals surface area contributed by atoms with E-state index in [-0.39, 0.29) is 17.3 Å². The Hall–Kier alpha value is -1.58. The number of aliphatic hydroxyl groups is 3. The van der Waals surface area contributed by atoms with E-state index in [0.717, 1.165) is 12.3 Å². The summed E-state index contributed by atoms with van der Waals surface area (Å²) in [4.78, 5) is 0. The third-order valence-electron chi connectivity index (χ3n) is 0.998. The molecule has 0 unspecified atom stereocenters. The molecule has 1 rings (SSSR count). The van der Waals surface area contributed by atoms with Crippen LogP contribution in [-0.4, -0.2) is 15.3 Å². The fraction of sp³-hybridized carbons (Fsp3) is 0. The van der Waals surface area contributed by atoms with Crippen LogP contribution < -0.4 is 5.32 Å². The van der Waals surface area contributed by atoms with Crippen molar-refractivity contribution in [2.75, 3.05) is 0 Å². The Bertz CT molecular complexity index is 227. The van der Waals surface area contributed by atoms with Crippen molar-refractivity contribution in [1.82, 2.24) is 5.32 Å². The molecule has 0 amide bonds. The van der Waals surface area contributed by atoms with Crippen molar-refractivity contribution in [2.45, 2.75) is 0 Å². The molecule has 0 aromatic carbocycles. The van der Waals surface area contributed by atoms with Gasteiger partial charge in [-0.05, 0) is 0 Å². The lowest BCUT2D eigenvalue weighted by atomic mass is 10.4. The van der Waals surface area contributed by atoms with E-state index in [2.05, 4.69) is 5.32 Å². The molecule has 4 heteroatoms. The minimum atomic E-state index is -0.362. The molecule has 0 spiro atoms. The van der Waals surface area contributed by atoms with Gasteiger partial charge in [0.15, 0.2) is 11.5 Å². The summed E-state index contributed by atoms with van der Waals surface area (Å²) in [7, 11) is 0. The first-order valence-corrected chi connectivity index (χ1v) is 2.65. The SMILES string of the molecule is OC1=CNC=C(O)C(O)=C1. The van der Waals surface area contributed by atoms with E-state index < -0.39 is 0 Å². The van der Waals surface area contributed by atoms with E-state index in [4.69, 9.17) is 15.3 Å². The van der Waals surface area contributed by atoms with Gasteiger partial charge < -0.3 is 20.6 Å². The van der Waals surface area contributed by atoms with Crippen LogP contribution in [0.15, 0.2) is 35.8 Å². The monoisotopic (exact) mass is 141 g/mol. The standard InChI is InChI=1S/C6H7NO3/c8-4-1-5(9)6(10)3-7-2-4/h1-3,7-10H. The highest BCUT2D eigenvalue weighted by Crippen LogP contribution is 2.06. The molecule has 0 aromatic rings. The van der Waals surface area contributed by atoms with Gasteiger partial charge in [0.2, 0.25) is 0 Å². The first kappa shape index (κ1) is 6.54. The lowest BCUT2D eigenvalue weighted by Gasteiger charge is -1.93. The van der Waals surface area contributed by atoms with E-state index in [0.29, 0.717) is 0 Å². The van der Waals surface area contributed by atoms with Crippen LogP contribution in [0, 0.1) is 0 Å². The van der Waals surface area contributed by atoms with Crippen molar-refractivity contribution in [3.05, 3.63) is 35.8 Å². The Balaban J connectivity index is 2.92. The molecule has 0 saturated carbocycles. The highest BCUT2D eigenvalue weighted by molar-refractivity contribution is 5.27. The quantitative estimate of drug-likeness (QED) is 0.403. The second-order valence-corrected chi connectivity index (χ2v) is 1.80. The van der Waals surface area contributed by atoms with Crippen LogP contribution in [0.4, 0.5) is 0 Å². The number of aliphatic hydroxyl groups excluding tert-OH is 3. The summed E-state index contributed by atoms with van der Waals surface area (Å²) in [5.74, 6) is -0.808. The summed E-state index contributed by atoms with van der Waals surface area (Å²) in [6.07, 6.45) is 3.43. The summed E-state index contributed by atoms with van der Waals surface area (Å²) in [5.41, 5.74) is 0. The number of hydrogen-bond acceptors (Lipinski definition) is 4. The lowest BCUT2D eigenvalue weighted by Crippen LogP contribution is -1.94. The molecule has 0 fully saturated rings. The molecule has 1 aliphatic rings. The van der Waals surface area contributed by atoms with Gasteiger partial charge in [-0.1, -0.05) is 0 Å². The summed E-state index contributed by atoms with van der Waals surface area (Å²) in [5, 5.41) is 28.9. The highest BCUT2D eigenvalue weighted by atomic mass is 16.3. The molecule has 54 valence electrons. The maximum absolute atomic E-state index is 8.83. The Morgan fingerprint density at radius 1 is 1.00 bits per heavy atom. The fourth-order valence-electron chi connectivity index (χ4n) is 0.536. The molecular weight excluding hydrogens is 134 g/mol. The normalized spacial score (nSPS) is 17.8. The third kappa shape index (κ3) is 1.22. The third-order valence-corrected chi connectivity index (χ3v) is 0.998. The molecule has 10 heavy (non-hydrogen) atoms. The van der Waals surface area contributed by atoms with Crippen molar-refractivity contribution in [3.8, 4) is 0 Å². The predicted octanol–water partition coefficient (Wildman–Crippen LogP) is 0.830. The molecule has 0 bridgehead atoms. The first-order chi connectivity index (χ1) is 4.70. The highest BCUT2D eigenvalue weighted by Gasteiger charge is 2.03. The molecule has 1 heterocycles. The maximum Gasteiger partial charge on any atom is 0.173 e. The average Bonchev–Trinajstić information content (AvgIpc) is 1.96. The van der Waals surface area contributed by atoms with Gasteiger partial charge in [-0.2, -0.15) is 0 Å². The molecule has 0 radical (unpaired) electrons. The van der Waals surface area contributed by atoms with Gasteiger partial charge in [-0.25, -0.2) is 0 Å². The van der Waals surface area contributed by atoms with Crippen LogP contribution >= 0.6 is 0 Å². The smallest absolute Gasteiger partial charge is 0.173 e. The summed E-state index contributed by atoms with van der Waals surface area (Å²) < 4.78 is 0. The second-order valence-electron chi connectivity index (χ2n) is 1.80. The van der Waals surface area contributed by atoms with Crippen molar-refractivity contribution < 1.29 is 15.3 Å². The van der Waals surface area contributed by atoms with Crippen molar-refractivity contribution >= 4 is 0 Å². The number of allylic oxidation sites excluding steroid dienone is 1. The van der Waals surface area contributed by atoms with Crippen LogP contribution in [0.5, 0.6) is 0 Å². The van der Waals surface area contributed by atoms with Crippen LogP contribution in [0.3, 0.4) is 0 Å². The molecule has 0 aliphatic carbocycles. The molecule has 0 atom stereocenters. The molecule has 1 aliphatic heterocycles. The number of hydrogen-bond donors (Lipinski definition) is 4. The van der Waals surface area contributed by atoms with E-state index >= 15 is 0 Å². The Labute approximate surface area is 57.4 Å². The lowest BCUT2D eigenvalue weighted by molar-refractivity contribution is 0.322. The van der Waals surface area contributed by atoms with Gasteiger partial charge in [0.05, 0.1) is 0 Å². The van der Waals surface area contributed by atoms with Gasteiger partial charge >= 0.3 is 0 Å². The zero-order valence-electron chi connectivity index (χ0n) is 5.07. The zero-order chi connectivity index (χ0) is 7.56. The van der Waals surface area contributed by atoms with Crippen LogP contribution in [-0.2, 0) is 0 Å². The number of rotatable bonds is 0. The van der Waals surface area contributed by atoms with E-state index in [1.807, 2.05) is 0 Å². The van der Waals surface area contributed by atoms with Crippen molar-refractivity contribution in [3.63, 3.8) is 0 Å². The first-order valence-electron chi connectivity index (χ1n) is 2.65. The molecule has 4 N–H and O–H groups in total. The zero-order valence-corrected chi connectivity index (χ0v) is 5.07. The van der Waals surface area contributed by atoms with Crippen LogP contribution in [0.2, 0.25) is 0 Å². The average molecular weight is 141 g/mol. The van der Waals surface area contributed by atoms with Crippen LogP contribution in [0.25, 0.3) is 0 Å². The minimum absolute atomic E-state index is 0.141. The van der Waals surface area contributed by atoms with Gasteiger partial charge in [0, 0.05) is 18.5 Å². The van der Waals surface area contributed by atoms with Gasteiger partial charge in [-0.15, -0.1) is 0 Å². The largest absolute Gasteiger partial charge is 0.506 e. The van der Waals surface area contributed by atoms with Gasteiger partial charge in [0.1, 0.15) is 5.76 Å². The van der Waals surface area contributed by atoms with Crippen LogP contribution in [0.1, 0.15) is 0 Å². The Morgan fingerprint density at radius 2 is 1.70 bits per heavy atom. The minimum Gasteiger partial charge on any atom is -0.506 e. The Kier molecular flexibility index (Phi) is 1.53. The molecule has 0 aromatic heterocycles.